The Morgan fingerprint density at radius 2 is 2.17 bits per heavy atom. The van der Waals surface area contributed by atoms with Crippen LogP contribution in [0.1, 0.15) is 27.8 Å². The van der Waals surface area contributed by atoms with Crippen molar-refractivity contribution in [3.8, 4) is 5.75 Å². The first kappa shape index (κ1) is 14.5. The zero-order valence-corrected chi connectivity index (χ0v) is 12.9. The van der Waals surface area contributed by atoms with Crippen molar-refractivity contribution in [2.75, 3.05) is 6.54 Å². The fourth-order valence-electron chi connectivity index (χ4n) is 2.69. The largest absolute Gasteiger partial charge is 0.484 e. The minimum atomic E-state index is -0.111. The second kappa shape index (κ2) is 6.19. The van der Waals surface area contributed by atoms with Gasteiger partial charge in [0.05, 0.1) is 12.2 Å². The molecule has 4 rings (SSSR count). The van der Waals surface area contributed by atoms with Gasteiger partial charge in [-0.2, -0.15) is 5.10 Å². The Kier molecular flexibility index (Phi) is 3.74. The summed E-state index contributed by atoms with van der Waals surface area (Å²) in [4.78, 5) is 18.5. The van der Waals surface area contributed by atoms with E-state index in [1.54, 1.807) is 17.2 Å². The van der Waals surface area contributed by atoms with Gasteiger partial charge in [0.2, 0.25) is 5.89 Å². The van der Waals surface area contributed by atoms with Gasteiger partial charge >= 0.3 is 0 Å². The van der Waals surface area contributed by atoms with Crippen LogP contribution in [0.2, 0.25) is 0 Å². The summed E-state index contributed by atoms with van der Waals surface area (Å²) in [5, 5.41) is 6.59. The predicted molar refractivity (Wildman–Crippen MR) is 84.3 cm³/mol. The van der Waals surface area contributed by atoms with E-state index in [2.05, 4.69) is 15.2 Å². The summed E-state index contributed by atoms with van der Waals surface area (Å²) in [7, 11) is 0. The van der Waals surface area contributed by atoms with Gasteiger partial charge in [-0.05, 0) is 18.2 Å². The molecule has 3 aromatic rings. The molecule has 2 aromatic heterocycles. The van der Waals surface area contributed by atoms with E-state index in [1.165, 1.54) is 0 Å². The predicted octanol–water partition coefficient (Wildman–Crippen LogP) is 2.18. The minimum absolute atomic E-state index is 0.111. The molecule has 122 valence electrons. The van der Waals surface area contributed by atoms with Crippen LogP contribution in [0.15, 0.2) is 47.0 Å². The number of carbonyl (C=O) groups excluding carboxylic acids is 1. The van der Waals surface area contributed by atoms with Crippen LogP contribution in [0.3, 0.4) is 0 Å². The SMILES string of the molecule is O=C(c1cc[nH]n1)N1CCc2nc(COc3ccccc3)oc2C1. The standard InChI is InChI=1S/C17H16N4O3/c22-17(14-6-8-18-20-14)21-9-7-13-15(10-21)24-16(19-13)11-23-12-4-2-1-3-5-12/h1-6,8H,7,9-11H2,(H,18,20). The van der Waals surface area contributed by atoms with E-state index >= 15 is 0 Å². The molecule has 1 amide bonds. The third-order valence-electron chi connectivity index (χ3n) is 3.89. The van der Waals surface area contributed by atoms with Crippen LogP contribution in [0.4, 0.5) is 0 Å². The Hall–Kier alpha value is -3.09. The van der Waals surface area contributed by atoms with Crippen molar-refractivity contribution in [3.05, 3.63) is 65.6 Å². The van der Waals surface area contributed by atoms with Gasteiger partial charge < -0.3 is 14.1 Å². The van der Waals surface area contributed by atoms with E-state index in [-0.39, 0.29) is 12.5 Å². The Balaban J connectivity index is 1.43. The number of aromatic nitrogens is 3. The lowest BCUT2D eigenvalue weighted by Gasteiger charge is -2.24. The number of H-pyrrole nitrogens is 1. The highest BCUT2D eigenvalue weighted by molar-refractivity contribution is 5.92. The lowest BCUT2D eigenvalue weighted by Crippen LogP contribution is -2.35. The highest BCUT2D eigenvalue weighted by atomic mass is 16.5. The van der Waals surface area contributed by atoms with Crippen LogP contribution < -0.4 is 4.74 Å². The number of oxazole rings is 1. The van der Waals surface area contributed by atoms with Gasteiger partial charge in [0.25, 0.3) is 5.91 Å². The topological polar surface area (TPSA) is 84.2 Å². The first-order valence-electron chi connectivity index (χ1n) is 7.74. The number of nitrogens with zero attached hydrogens (tertiary/aromatic N) is 3. The number of amides is 1. The molecule has 0 spiro atoms. The molecule has 0 radical (unpaired) electrons. The van der Waals surface area contributed by atoms with Gasteiger partial charge in [-0.1, -0.05) is 18.2 Å². The smallest absolute Gasteiger partial charge is 0.274 e. The van der Waals surface area contributed by atoms with Crippen LogP contribution in [0.25, 0.3) is 0 Å². The maximum atomic E-state index is 12.3. The molecule has 7 heteroatoms. The number of nitrogens with one attached hydrogen (secondary N) is 1. The van der Waals surface area contributed by atoms with Crippen molar-refractivity contribution in [2.24, 2.45) is 0 Å². The molecule has 1 aliphatic heterocycles. The van der Waals surface area contributed by atoms with Crippen LogP contribution in [-0.2, 0) is 19.6 Å². The fraction of sp³-hybridized carbons (Fsp3) is 0.235. The molecule has 0 saturated carbocycles. The molecule has 1 aromatic carbocycles. The van der Waals surface area contributed by atoms with Crippen LogP contribution >= 0.6 is 0 Å². The third-order valence-corrected chi connectivity index (χ3v) is 3.89. The molecule has 24 heavy (non-hydrogen) atoms. The lowest BCUT2D eigenvalue weighted by molar-refractivity contribution is 0.0712. The van der Waals surface area contributed by atoms with Gasteiger partial charge in [-0.15, -0.1) is 0 Å². The van der Waals surface area contributed by atoms with Gasteiger partial charge in [-0.3, -0.25) is 9.89 Å². The summed E-state index contributed by atoms with van der Waals surface area (Å²) in [6.45, 7) is 1.27. The zero-order chi connectivity index (χ0) is 16.4. The molecule has 1 N–H and O–H groups in total. The number of hydrogen-bond acceptors (Lipinski definition) is 5. The molecule has 0 saturated heterocycles. The first-order chi connectivity index (χ1) is 11.8. The summed E-state index contributed by atoms with van der Waals surface area (Å²) >= 11 is 0. The van der Waals surface area contributed by atoms with Gasteiger partial charge in [-0.25, -0.2) is 4.98 Å². The Morgan fingerprint density at radius 1 is 1.29 bits per heavy atom. The van der Waals surface area contributed by atoms with Crippen LogP contribution in [0.5, 0.6) is 5.75 Å². The number of para-hydroxylation sites is 1. The lowest BCUT2D eigenvalue weighted by atomic mass is 10.1. The molecule has 1 aliphatic rings. The third kappa shape index (κ3) is 2.88. The minimum Gasteiger partial charge on any atom is -0.484 e. The van der Waals surface area contributed by atoms with Gasteiger partial charge in [0, 0.05) is 19.2 Å². The van der Waals surface area contributed by atoms with Crippen molar-refractivity contribution in [1.29, 1.82) is 0 Å². The Labute approximate surface area is 138 Å². The molecule has 7 nitrogen and oxygen atoms in total. The van der Waals surface area contributed by atoms with Crippen LogP contribution in [0, 0.1) is 0 Å². The highest BCUT2D eigenvalue weighted by Gasteiger charge is 2.27. The second-order valence-electron chi connectivity index (χ2n) is 5.52. The van der Waals surface area contributed by atoms with Gasteiger partial charge in [0.15, 0.2) is 6.61 Å². The van der Waals surface area contributed by atoms with Crippen molar-refractivity contribution in [1.82, 2.24) is 20.1 Å². The van der Waals surface area contributed by atoms with Crippen molar-refractivity contribution < 1.29 is 13.9 Å². The van der Waals surface area contributed by atoms with E-state index in [0.29, 0.717) is 31.1 Å². The normalized spacial score (nSPS) is 13.6. The first-order valence-corrected chi connectivity index (χ1v) is 7.74. The Bertz CT molecular complexity index is 827. The van der Waals surface area contributed by atoms with E-state index in [9.17, 15) is 4.79 Å². The van der Waals surface area contributed by atoms with Crippen molar-refractivity contribution in [2.45, 2.75) is 19.6 Å². The summed E-state index contributed by atoms with van der Waals surface area (Å²) in [6, 6.07) is 11.2. The van der Waals surface area contributed by atoms with Gasteiger partial charge in [0.1, 0.15) is 17.2 Å². The van der Waals surface area contributed by atoms with Crippen molar-refractivity contribution in [3.63, 3.8) is 0 Å². The molecular weight excluding hydrogens is 308 g/mol. The van der Waals surface area contributed by atoms with Crippen molar-refractivity contribution >= 4 is 5.91 Å². The Morgan fingerprint density at radius 3 is 2.96 bits per heavy atom. The molecule has 0 fully saturated rings. The van der Waals surface area contributed by atoms with Crippen LogP contribution in [-0.4, -0.2) is 32.5 Å². The average Bonchev–Trinajstić information content (AvgIpc) is 3.29. The van der Waals surface area contributed by atoms with E-state index < -0.39 is 0 Å². The summed E-state index contributed by atoms with van der Waals surface area (Å²) in [5.41, 5.74) is 1.30. The number of ether oxygens (including phenoxy) is 1. The second-order valence-corrected chi connectivity index (χ2v) is 5.52. The monoisotopic (exact) mass is 324 g/mol. The molecule has 0 atom stereocenters. The molecule has 0 aliphatic carbocycles. The summed E-state index contributed by atoms with van der Waals surface area (Å²) in [6.07, 6.45) is 2.30. The number of benzene rings is 1. The molecule has 3 heterocycles. The number of carbonyl (C=O) groups is 1. The average molecular weight is 324 g/mol. The van der Waals surface area contributed by atoms with E-state index in [0.717, 1.165) is 17.2 Å². The van der Waals surface area contributed by atoms with E-state index in [1.807, 2.05) is 30.3 Å². The van der Waals surface area contributed by atoms with E-state index in [4.69, 9.17) is 9.15 Å². The number of hydrogen-bond donors (Lipinski definition) is 1. The molecular formula is C17H16N4O3. The molecule has 0 bridgehead atoms. The molecule has 0 unspecified atom stereocenters. The number of rotatable bonds is 4. The number of aromatic amines is 1. The number of fused-ring (bicyclic) bond motifs is 1. The maximum Gasteiger partial charge on any atom is 0.274 e. The fourth-order valence-corrected chi connectivity index (χ4v) is 2.69. The zero-order valence-electron chi connectivity index (χ0n) is 12.9. The summed E-state index contributed by atoms with van der Waals surface area (Å²) < 4.78 is 11.4. The highest BCUT2D eigenvalue weighted by Crippen LogP contribution is 2.22. The maximum absolute atomic E-state index is 12.3. The summed E-state index contributed by atoms with van der Waals surface area (Å²) in [5.74, 6) is 1.90. The quantitative estimate of drug-likeness (QED) is 0.795.